The zero-order valence-corrected chi connectivity index (χ0v) is 50.3. The normalized spacial score (nSPS) is 12.3. The zero-order valence-electron chi connectivity index (χ0n) is 50.3. The van der Waals surface area contributed by atoms with Crippen molar-refractivity contribution in [3.8, 4) is 0 Å². The van der Waals surface area contributed by atoms with Gasteiger partial charge in [-0.2, -0.15) is 0 Å². The van der Waals surface area contributed by atoms with Crippen molar-refractivity contribution in [2.75, 3.05) is 13.2 Å². The molecule has 0 aliphatic heterocycles. The van der Waals surface area contributed by atoms with Gasteiger partial charge in [-0.3, -0.25) is 14.4 Å². The maximum absolute atomic E-state index is 12.8. The average molecular weight is 1050 g/mol. The van der Waals surface area contributed by atoms with Crippen molar-refractivity contribution in [1.82, 2.24) is 0 Å². The molecule has 75 heavy (non-hydrogen) atoms. The summed E-state index contributed by atoms with van der Waals surface area (Å²) >= 11 is 0. The van der Waals surface area contributed by atoms with Crippen LogP contribution in [0.2, 0.25) is 0 Å². The monoisotopic (exact) mass is 1050 g/mol. The van der Waals surface area contributed by atoms with Crippen LogP contribution in [0, 0.1) is 0 Å². The Hall–Kier alpha value is -2.63. The summed E-state index contributed by atoms with van der Waals surface area (Å²) in [5.74, 6) is -0.898. The van der Waals surface area contributed by atoms with E-state index in [-0.39, 0.29) is 31.1 Å². The second-order valence-corrected chi connectivity index (χ2v) is 22.4. The predicted molar refractivity (Wildman–Crippen MR) is 325 cm³/mol. The first-order valence-electron chi connectivity index (χ1n) is 33.1. The van der Waals surface area contributed by atoms with Crippen LogP contribution >= 0.6 is 0 Å². The smallest absolute Gasteiger partial charge is 0.306 e. The van der Waals surface area contributed by atoms with Gasteiger partial charge in [0.2, 0.25) is 0 Å². The average Bonchev–Trinajstić information content (AvgIpc) is 3.41. The molecule has 0 fully saturated rings. The summed E-state index contributed by atoms with van der Waals surface area (Å²) in [4.78, 5) is 37.9. The predicted octanol–water partition coefficient (Wildman–Crippen LogP) is 22.6. The summed E-state index contributed by atoms with van der Waals surface area (Å²) in [7, 11) is 0. The molecule has 0 saturated carbocycles. The maximum atomic E-state index is 12.8. The highest BCUT2D eigenvalue weighted by atomic mass is 16.6. The SMILES string of the molecule is CC/C=C\C/C=C\C/C=C\C/C=C\CCCCCCC(=O)OC(COC(=O)CCCCCCCC)COC(=O)CCCCCCCCCCCCCCCCCCCCCCCCCCCCCCCCCCCC. The number of esters is 3. The Labute approximate surface area is 467 Å². The quantitative estimate of drug-likeness (QED) is 0.0261. The van der Waals surface area contributed by atoms with Crippen molar-refractivity contribution >= 4 is 17.9 Å². The van der Waals surface area contributed by atoms with E-state index in [0.29, 0.717) is 19.3 Å². The van der Waals surface area contributed by atoms with Gasteiger partial charge in [-0.25, -0.2) is 0 Å². The molecule has 0 amide bonds. The van der Waals surface area contributed by atoms with Crippen molar-refractivity contribution in [2.45, 2.75) is 361 Å². The summed E-state index contributed by atoms with van der Waals surface area (Å²) in [5, 5.41) is 0. The van der Waals surface area contributed by atoms with Crippen LogP contribution in [0.5, 0.6) is 0 Å². The highest BCUT2D eigenvalue weighted by molar-refractivity contribution is 5.71. The molecule has 0 aliphatic carbocycles. The van der Waals surface area contributed by atoms with E-state index in [4.69, 9.17) is 14.2 Å². The van der Waals surface area contributed by atoms with Crippen LogP contribution in [0.1, 0.15) is 355 Å². The first kappa shape index (κ1) is 72.4. The Kier molecular flexibility index (Phi) is 61.7. The Morgan fingerprint density at radius 3 is 0.813 bits per heavy atom. The van der Waals surface area contributed by atoms with Crippen LogP contribution in [-0.2, 0) is 28.6 Å². The van der Waals surface area contributed by atoms with E-state index >= 15 is 0 Å². The number of carbonyl (C=O) groups excluding carboxylic acids is 3. The van der Waals surface area contributed by atoms with Gasteiger partial charge in [0.15, 0.2) is 6.10 Å². The second kappa shape index (κ2) is 63.9. The lowest BCUT2D eigenvalue weighted by Gasteiger charge is -2.18. The van der Waals surface area contributed by atoms with Gasteiger partial charge >= 0.3 is 17.9 Å². The van der Waals surface area contributed by atoms with E-state index < -0.39 is 6.10 Å². The van der Waals surface area contributed by atoms with E-state index in [1.165, 1.54) is 218 Å². The number of hydrogen-bond donors (Lipinski definition) is 0. The fourth-order valence-corrected chi connectivity index (χ4v) is 9.91. The van der Waals surface area contributed by atoms with Crippen LogP contribution < -0.4 is 0 Å². The molecule has 0 aromatic rings. The number of ether oxygens (including phenoxy) is 3. The molecular formula is C69H126O6. The van der Waals surface area contributed by atoms with Gasteiger partial charge in [0, 0.05) is 19.3 Å². The topological polar surface area (TPSA) is 78.9 Å². The van der Waals surface area contributed by atoms with E-state index in [0.717, 1.165) is 96.3 Å². The van der Waals surface area contributed by atoms with Gasteiger partial charge in [0.05, 0.1) is 0 Å². The molecule has 1 unspecified atom stereocenters. The van der Waals surface area contributed by atoms with Gasteiger partial charge in [-0.1, -0.05) is 326 Å². The van der Waals surface area contributed by atoms with Crippen molar-refractivity contribution in [3.63, 3.8) is 0 Å². The van der Waals surface area contributed by atoms with Gasteiger partial charge in [0.25, 0.3) is 0 Å². The molecule has 0 N–H and O–H groups in total. The lowest BCUT2D eigenvalue weighted by Crippen LogP contribution is -2.30. The number of hydrogen-bond acceptors (Lipinski definition) is 6. The molecule has 438 valence electrons. The first-order chi connectivity index (χ1) is 37.0. The third-order valence-corrected chi connectivity index (χ3v) is 14.8. The lowest BCUT2D eigenvalue weighted by molar-refractivity contribution is -0.167. The standard InChI is InChI=1S/C69H126O6/c1-4-7-10-13-16-18-20-22-24-26-27-28-29-30-31-32-33-34-35-36-37-38-39-40-41-42-44-45-47-49-51-53-56-59-62-68(71)74-65-66(64-73-67(70)61-58-55-15-12-9-6-3)75-69(72)63-60-57-54-52-50-48-46-43-25-23-21-19-17-14-11-8-5-2/h8,11,17,19,23,25,46,48,66H,4-7,9-10,12-16,18,20-22,24,26-45,47,49-65H2,1-3H3/b11-8-,19-17-,25-23-,48-46-. The molecule has 0 saturated heterocycles. The van der Waals surface area contributed by atoms with Crippen molar-refractivity contribution < 1.29 is 28.6 Å². The molecule has 6 heteroatoms. The van der Waals surface area contributed by atoms with Gasteiger partial charge in [0.1, 0.15) is 13.2 Å². The summed E-state index contributed by atoms with van der Waals surface area (Å²) in [5.41, 5.74) is 0. The van der Waals surface area contributed by atoms with Gasteiger partial charge < -0.3 is 14.2 Å². The minimum Gasteiger partial charge on any atom is -0.462 e. The third kappa shape index (κ3) is 62.1. The van der Waals surface area contributed by atoms with Crippen molar-refractivity contribution in [2.24, 2.45) is 0 Å². The van der Waals surface area contributed by atoms with E-state index in [2.05, 4.69) is 69.4 Å². The molecular weight excluding hydrogens is 925 g/mol. The first-order valence-corrected chi connectivity index (χ1v) is 33.1. The van der Waals surface area contributed by atoms with Crippen LogP contribution in [0.15, 0.2) is 48.6 Å². The van der Waals surface area contributed by atoms with E-state index in [9.17, 15) is 14.4 Å². The third-order valence-electron chi connectivity index (χ3n) is 14.8. The summed E-state index contributed by atoms with van der Waals surface area (Å²) in [6, 6.07) is 0. The highest BCUT2D eigenvalue weighted by Gasteiger charge is 2.19. The number of allylic oxidation sites excluding steroid dienone is 8. The zero-order chi connectivity index (χ0) is 54.3. The molecule has 1 atom stereocenters. The molecule has 0 spiro atoms. The Balaban J connectivity index is 3.92. The fourth-order valence-electron chi connectivity index (χ4n) is 9.91. The number of carbonyl (C=O) groups is 3. The molecule has 0 bridgehead atoms. The Morgan fingerprint density at radius 2 is 0.520 bits per heavy atom. The Bertz CT molecular complexity index is 1300. The summed E-state index contributed by atoms with van der Waals surface area (Å²) < 4.78 is 16.8. The molecule has 6 nitrogen and oxygen atoms in total. The van der Waals surface area contributed by atoms with Crippen LogP contribution in [0.4, 0.5) is 0 Å². The highest BCUT2D eigenvalue weighted by Crippen LogP contribution is 2.18. The Morgan fingerprint density at radius 1 is 0.280 bits per heavy atom. The summed E-state index contributed by atoms with van der Waals surface area (Å²) in [6.45, 7) is 6.49. The maximum Gasteiger partial charge on any atom is 0.306 e. The molecule has 0 heterocycles. The molecule has 0 aliphatic rings. The van der Waals surface area contributed by atoms with Crippen molar-refractivity contribution in [1.29, 1.82) is 0 Å². The van der Waals surface area contributed by atoms with Gasteiger partial charge in [-0.15, -0.1) is 0 Å². The van der Waals surface area contributed by atoms with Crippen LogP contribution in [0.3, 0.4) is 0 Å². The fraction of sp³-hybridized carbons (Fsp3) is 0.841. The van der Waals surface area contributed by atoms with Crippen LogP contribution in [0.25, 0.3) is 0 Å². The van der Waals surface area contributed by atoms with Crippen molar-refractivity contribution in [3.05, 3.63) is 48.6 Å². The van der Waals surface area contributed by atoms with E-state index in [1.807, 2.05) is 0 Å². The van der Waals surface area contributed by atoms with Crippen LogP contribution in [-0.4, -0.2) is 37.2 Å². The lowest BCUT2D eigenvalue weighted by atomic mass is 10.0. The van der Waals surface area contributed by atoms with E-state index in [1.54, 1.807) is 0 Å². The largest absolute Gasteiger partial charge is 0.462 e. The molecule has 0 aromatic carbocycles. The minimum atomic E-state index is -0.781. The van der Waals surface area contributed by atoms with Gasteiger partial charge in [-0.05, 0) is 57.8 Å². The number of unbranched alkanes of at least 4 members (excludes halogenated alkanes) is 42. The molecule has 0 radical (unpaired) electrons. The molecule has 0 aromatic heterocycles. The molecule has 0 rings (SSSR count). The number of rotatable bonds is 61. The summed E-state index contributed by atoms with van der Waals surface area (Å²) in [6.07, 6.45) is 80.5. The minimum absolute atomic E-state index is 0.0800. The second-order valence-electron chi connectivity index (χ2n) is 22.4.